The van der Waals surface area contributed by atoms with E-state index in [0.29, 0.717) is 22.1 Å². The maximum atomic E-state index is 12.4. The zero-order valence-corrected chi connectivity index (χ0v) is 16.3. The van der Waals surface area contributed by atoms with E-state index in [9.17, 15) is 4.79 Å². The van der Waals surface area contributed by atoms with Gasteiger partial charge < -0.3 is 10.6 Å². The molecule has 8 heteroatoms. The standard InChI is InChI=1S/C21H17ClN6O/c1-14-23-10-11-28(14)20-12-19(24-13-25-20)26-15-6-8-16(9-7-15)27-21(29)17-4-2-3-5-18(17)22/h2-13H,1H3,(H,27,29)(H,24,25,26). The van der Waals surface area contributed by atoms with E-state index in [1.165, 1.54) is 6.33 Å². The molecule has 0 saturated carbocycles. The first-order valence-electron chi connectivity index (χ1n) is 8.85. The van der Waals surface area contributed by atoms with E-state index in [-0.39, 0.29) is 5.91 Å². The Kier molecular flexibility index (Phi) is 5.22. The molecule has 0 atom stereocenters. The monoisotopic (exact) mass is 404 g/mol. The fourth-order valence-electron chi connectivity index (χ4n) is 2.80. The van der Waals surface area contributed by atoms with Gasteiger partial charge in [-0.1, -0.05) is 23.7 Å². The number of rotatable bonds is 5. The molecule has 29 heavy (non-hydrogen) atoms. The first kappa shape index (κ1) is 18.6. The van der Waals surface area contributed by atoms with Crippen LogP contribution in [0.5, 0.6) is 0 Å². The topological polar surface area (TPSA) is 84.7 Å². The number of amides is 1. The summed E-state index contributed by atoms with van der Waals surface area (Å²) in [5.74, 6) is 1.96. The summed E-state index contributed by atoms with van der Waals surface area (Å²) in [5, 5.41) is 6.48. The minimum absolute atomic E-state index is 0.257. The number of hydrogen-bond donors (Lipinski definition) is 2. The molecule has 4 aromatic rings. The van der Waals surface area contributed by atoms with Crippen molar-refractivity contribution in [3.63, 3.8) is 0 Å². The van der Waals surface area contributed by atoms with Crippen molar-refractivity contribution in [1.29, 1.82) is 0 Å². The molecular weight excluding hydrogens is 388 g/mol. The second-order valence-electron chi connectivity index (χ2n) is 6.24. The van der Waals surface area contributed by atoms with Gasteiger partial charge in [0.05, 0.1) is 10.6 Å². The minimum Gasteiger partial charge on any atom is -0.340 e. The van der Waals surface area contributed by atoms with Crippen LogP contribution in [0, 0.1) is 6.92 Å². The van der Waals surface area contributed by atoms with Gasteiger partial charge in [0.1, 0.15) is 23.8 Å². The Labute approximate surface area is 172 Å². The van der Waals surface area contributed by atoms with Crippen LogP contribution in [0.15, 0.2) is 73.3 Å². The summed E-state index contributed by atoms with van der Waals surface area (Å²) in [6, 6.07) is 16.1. The SMILES string of the molecule is Cc1nccn1-c1cc(Nc2ccc(NC(=O)c3ccccc3Cl)cc2)ncn1. The highest BCUT2D eigenvalue weighted by Crippen LogP contribution is 2.21. The first-order chi connectivity index (χ1) is 14.1. The Morgan fingerprint density at radius 2 is 1.76 bits per heavy atom. The summed E-state index contributed by atoms with van der Waals surface area (Å²) in [4.78, 5) is 25.1. The van der Waals surface area contributed by atoms with Crippen molar-refractivity contribution in [3.8, 4) is 5.82 Å². The van der Waals surface area contributed by atoms with Gasteiger partial charge in [-0.25, -0.2) is 15.0 Å². The number of aryl methyl sites for hydroxylation is 1. The number of aromatic nitrogens is 4. The second-order valence-corrected chi connectivity index (χ2v) is 6.65. The molecule has 0 saturated heterocycles. The van der Waals surface area contributed by atoms with Crippen LogP contribution >= 0.6 is 11.6 Å². The van der Waals surface area contributed by atoms with E-state index in [1.54, 1.807) is 42.6 Å². The zero-order valence-electron chi connectivity index (χ0n) is 15.5. The molecule has 0 fully saturated rings. The van der Waals surface area contributed by atoms with Crippen molar-refractivity contribution in [2.75, 3.05) is 10.6 Å². The fourth-order valence-corrected chi connectivity index (χ4v) is 3.02. The van der Waals surface area contributed by atoms with E-state index in [0.717, 1.165) is 17.3 Å². The van der Waals surface area contributed by atoms with Gasteiger partial charge in [-0.3, -0.25) is 9.36 Å². The number of carbonyl (C=O) groups is 1. The van der Waals surface area contributed by atoms with Gasteiger partial charge in [0.15, 0.2) is 0 Å². The van der Waals surface area contributed by atoms with Gasteiger partial charge in [-0.2, -0.15) is 0 Å². The van der Waals surface area contributed by atoms with Crippen LogP contribution in [-0.4, -0.2) is 25.4 Å². The van der Waals surface area contributed by atoms with Crippen LogP contribution in [0.25, 0.3) is 5.82 Å². The maximum Gasteiger partial charge on any atom is 0.257 e. The number of imidazole rings is 1. The summed E-state index contributed by atoms with van der Waals surface area (Å²) in [7, 11) is 0. The molecule has 0 aliphatic carbocycles. The fraction of sp³-hybridized carbons (Fsp3) is 0.0476. The lowest BCUT2D eigenvalue weighted by Crippen LogP contribution is -2.12. The summed E-state index contributed by atoms with van der Waals surface area (Å²) in [6.07, 6.45) is 5.06. The number of anilines is 3. The minimum atomic E-state index is -0.257. The van der Waals surface area contributed by atoms with Crippen molar-refractivity contribution >= 4 is 34.7 Å². The van der Waals surface area contributed by atoms with Crippen molar-refractivity contribution in [1.82, 2.24) is 19.5 Å². The Hall–Kier alpha value is -3.71. The average Bonchev–Trinajstić information content (AvgIpc) is 3.16. The van der Waals surface area contributed by atoms with Gasteiger partial charge in [-0.15, -0.1) is 0 Å². The predicted octanol–water partition coefficient (Wildman–Crippen LogP) is 4.62. The second kappa shape index (κ2) is 8.12. The Morgan fingerprint density at radius 1 is 1.00 bits per heavy atom. The lowest BCUT2D eigenvalue weighted by Gasteiger charge is -2.10. The third-order valence-electron chi connectivity index (χ3n) is 4.26. The van der Waals surface area contributed by atoms with Gasteiger partial charge in [-0.05, 0) is 43.3 Å². The lowest BCUT2D eigenvalue weighted by molar-refractivity contribution is 0.102. The molecular formula is C21H17ClN6O. The van der Waals surface area contributed by atoms with Gasteiger partial charge >= 0.3 is 0 Å². The summed E-state index contributed by atoms with van der Waals surface area (Å²) in [5.41, 5.74) is 1.92. The highest BCUT2D eigenvalue weighted by molar-refractivity contribution is 6.34. The zero-order chi connectivity index (χ0) is 20.2. The van der Waals surface area contributed by atoms with E-state index in [4.69, 9.17) is 11.6 Å². The Morgan fingerprint density at radius 3 is 2.48 bits per heavy atom. The molecule has 0 radical (unpaired) electrons. The van der Waals surface area contributed by atoms with Gasteiger partial charge in [0, 0.05) is 29.8 Å². The normalized spacial score (nSPS) is 10.6. The number of nitrogens with one attached hydrogen (secondary N) is 2. The quantitative estimate of drug-likeness (QED) is 0.507. The van der Waals surface area contributed by atoms with Crippen molar-refractivity contribution in [2.24, 2.45) is 0 Å². The van der Waals surface area contributed by atoms with E-state index < -0.39 is 0 Å². The van der Waals surface area contributed by atoms with Crippen LogP contribution in [-0.2, 0) is 0 Å². The van der Waals surface area contributed by atoms with Crippen molar-refractivity contribution < 1.29 is 4.79 Å². The van der Waals surface area contributed by atoms with Crippen LogP contribution in [0.1, 0.15) is 16.2 Å². The molecule has 0 spiro atoms. The molecule has 2 aromatic heterocycles. The van der Waals surface area contributed by atoms with E-state index in [2.05, 4.69) is 25.6 Å². The number of hydrogen-bond acceptors (Lipinski definition) is 5. The van der Waals surface area contributed by atoms with E-state index >= 15 is 0 Å². The molecule has 2 N–H and O–H groups in total. The predicted molar refractivity (Wildman–Crippen MR) is 113 cm³/mol. The molecule has 2 heterocycles. The first-order valence-corrected chi connectivity index (χ1v) is 9.23. The smallest absolute Gasteiger partial charge is 0.257 e. The Balaban J connectivity index is 1.46. The molecule has 2 aromatic carbocycles. The molecule has 0 bridgehead atoms. The van der Waals surface area contributed by atoms with Crippen molar-refractivity contribution in [2.45, 2.75) is 6.92 Å². The third kappa shape index (κ3) is 4.25. The summed E-state index contributed by atoms with van der Waals surface area (Å²) in [6.45, 7) is 1.91. The molecule has 144 valence electrons. The van der Waals surface area contributed by atoms with Crippen LogP contribution in [0.2, 0.25) is 5.02 Å². The molecule has 7 nitrogen and oxygen atoms in total. The van der Waals surface area contributed by atoms with Crippen LogP contribution < -0.4 is 10.6 Å². The third-order valence-corrected chi connectivity index (χ3v) is 4.59. The summed E-state index contributed by atoms with van der Waals surface area (Å²) >= 11 is 6.07. The highest BCUT2D eigenvalue weighted by atomic mass is 35.5. The molecule has 4 rings (SSSR count). The van der Waals surface area contributed by atoms with Gasteiger partial charge in [0.25, 0.3) is 5.91 Å². The van der Waals surface area contributed by atoms with Crippen LogP contribution in [0.4, 0.5) is 17.2 Å². The molecule has 0 aliphatic heterocycles. The number of carbonyl (C=O) groups excluding carboxylic acids is 1. The maximum absolute atomic E-state index is 12.4. The number of benzene rings is 2. The van der Waals surface area contributed by atoms with E-state index in [1.807, 2.05) is 35.9 Å². The summed E-state index contributed by atoms with van der Waals surface area (Å²) < 4.78 is 1.88. The molecule has 0 unspecified atom stereocenters. The number of halogens is 1. The van der Waals surface area contributed by atoms with Crippen molar-refractivity contribution in [3.05, 3.63) is 89.7 Å². The van der Waals surface area contributed by atoms with Gasteiger partial charge in [0.2, 0.25) is 0 Å². The molecule has 0 aliphatic rings. The average molecular weight is 405 g/mol. The largest absolute Gasteiger partial charge is 0.340 e. The molecule has 1 amide bonds. The lowest BCUT2D eigenvalue weighted by atomic mass is 10.2. The van der Waals surface area contributed by atoms with Crippen LogP contribution in [0.3, 0.4) is 0 Å². The highest BCUT2D eigenvalue weighted by Gasteiger charge is 2.10. The number of nitrogens with zero attached hydrogens (tertiary/aromatic N) is 4. The Bertz CT molecular complexity index is 1160.